The summed E-state index contributed by atoms with van der Waals surface area (Å²) >= 11 is 0. The van der Waals surface area contributed by atoms with Gasteiger partial charge in [0.05, 0.1) is 0 Å². The molecule has 0 bridgehead atoms. The summed E-state index contributed by atoms with van der Waals surface area (Å²) in [5.74, 6) is 0. The number of anilines is 3. The molecule has 5 aromatic carbocycles. The molecule has 0 aromatic heterocycles. The van der Waals surface area contributed by atoms with Gasteiger partial charge in [-0.15, -0.1) is 0 Å². The molecule has 1 aliphatic carbocycles. The molecule has 0 aliphatic heterocycles. The number of hydrogen-bond acceptors (Lipinski definition) is 1. The summed E-state index contributed by atoms with van der Waals surface area (Å²) in [7, 11) is 0. The van der Waals surface area contributed by atoms with E-state index in [4.69, 9.17) is 0 Å². The second-order valence-corrected chi connectivity index (χ2v) is 10.5. The third-order valence-corrected chi connectivity index (χ3v) is 7.63. The molecule has 0 saturated heterocycles. The van der Waals surface area contributed by atoms with Gasteiger partial charge in [-0.1, -0.05) is 97.8 Å². The van der Waals surface area contributed by atoms with Crippen molar-refractivity contribution in [1.82, 2.24) is 0 Å². The molecule has 0 unspecified atom stereocenters. The normalized spacial score (nSPS) is 13.2. The van der Waals surface area contributed by atoms with Gasteiger partial charge in [0.25, 0.3) is 0 Å². The molecule has 6 rings (SSSR count). The second kappa shape index (κ2) is 8.53. The van der Waals surface area contributed by atoms with E-state index in [1.165, 1.54) is 44.5 Å². The highest BCUT2D eigenvalue weighted by Gasteiger charge is 2.35. The maximum atomic E-state index is 2.39. The van der Waals surface area contributed by atoms with Crippen molar-refractivity contribution >= 4 is 17.1 Å². The summed E-state index contributed by atoms with van der Waals surface area (Å²) in [5, 5.41) is 0. The van der Waals surface area contributed by atoms with Gasteiger partial charge in [0.1, 0.15) is 0 Å². The third kappa shape index (κ3) is 3.72. The molecule has 1 aliphatic rings. The standard InChI is InChI=1S/C35H31N/c1-24-9-16-28(17-10-24)36(29-18-11-25(2)12-19-29)30-20-13-26(14-21-30)27-15-22-32-31-7-5-6-8-33(31)35(3,4)34(32)23-27/h5-23H,1-4H3. The van der Waals surface area contributed by atoms with Crippen molar-refractivity contribution in [3.05, 3.63) is 138 Å². The zero-order chi connectivity index (χ0) is 24.9. The van der Waals surface area contributed by atoms with Gasteiger partial charge in [-0.3, -0.25) is 0 Å². The van der Waals surface area contributed by atoms with Crippen LogP contribution in [0.3, 0.4) is 0 Å². The summed E-state index contributed by atoms with van der Waals surface area (Å²) in [6.45, 7) is 8.94. The lowest BCUT2D eigenvalue weighted by atomic mass is 9.81. The zero-order valence-electron chi connectivity index (χ0n) is 21.4. The summed E-state index contributed by atoms with van der Waals surface area (Å²) in [6.07, 6.45) is 0. The Morgan fingerprint density at radius 3 is 1.53 bits per heavy atom. The minimum absolute atomic E-state index is 0.00948. The fourth-order valence-electron chi connectivity index (χ4n) is 5.52. The largest absolute Gasteiger partial charge is 0.311 e. The van der Waals surface area contributed by atoms with Crippen LogP contribution in [0.25, 0.3) is 22.3 Å². The van der Waals surface area contributed by atoms with Gasteiger partial charge in [-0.25, -0.2) is 0 Å². The maximum absolute atomic E-state index is 2.39. The van der Waals surface area contributed by atoms with Crippen molar-refractivity contribution in [1.29, 1.82) is 0 Å². The Morgan fingerprint density at radius 2 is 0.944 bits per heavy atom. The van der Waals surface area contributed by atoms with E-state index in [1.54, 1.807) is 0 Å². The number of fused-ring (bicyclic) bond motifs is 3. The Kier molecular flexibility index (Phi) is 5.30. The molecule has 0 spiro atoms. The Bertz CT molecular complexity index is 1490. The molecule has 1 heteroatoms. The van der Waals surface area contributed by atoms with Crippen LogP contribution in [0.2, 0.25) is 0 Å². The first kappa shape index (κ1) is 22.4. The molecule has 36 heavy (non-hydrogen) atoms. The Hall–Kier alpha value is -4.10. The molecule has 0 amide bonds. The van der Waals surface area contributed by atoms with E-state index in [9.17, 15) is 0 Å². The summed E-state index contributed by atoms with van der Waals surface area (Å²) < 4.78 is 0. The van der Waals surface area contributed by atoms with Crippen LogP contribution in [-0.2, 0) is 5.41 Å². The minimum Gasteiger partial charge on any atom is -0.311 e. The molecular formula is C35H31N. The lowest BCUT2D eigenvalue weighted by molar-refractivity contribution is 0.660. The van der Waals surface area contributed by atoms with Crippen LogP contribution in [-0.4, -0.2) is 0 Å². The number of rotatable bonds is 4. The fraction of sp³-hybridized carbons (Fsp3) is 0.143. The van der Waals surface area contributed by atoms with Gasteiger partial charge < -0.3 is 4.90 Å². The number of hydrogen-bond donors (Lipinski definition) is 0. The molecule has 0 heterocycles. The van der Waals surface area contributed by atoms with Gasteiger partial charge in [-0.2, -0.15) is 0 Å². The smallest absolute Gasteiger partial charge is 0.0462 e. The van der Waals surface area contributed by atoms with Crippen LogP contribution < -0.4 is 4.90 Å². The van der Waals surface area contributed by atoms with Crippen LogP contribution in [0.4, 0.5) is 17.1 Å². The van der Waals surface area contributed by atoms with E-state index < -0.39 is 0 Å². The summed E-state index contributed by atoms with van der Waals surface area (Å²) in [4.78, 5) is 2.32. The highest BCUT2D eigenvalue weighted by molar-refractivity contribution is 5.84. The molecule has 0 radical (unpaired) electrons. The molecule has 176 valence electrons. The van der Waals surface area contributed by atoms with Crippen LogP contribution in [0, 0.1) is 13.8 Å². The Labute approximate surface area is 214 Å². The Balaban J connectivity index is 1.38. The molecule has 5 aromatic rings. The molecule has 0 fully saturated rings. The van der Waals surface area contributed by atoms with E-state index in [0.717, 1.165) is 17.1 Å². The van der Waals surface area contributed by atoms with Crippen LogP contribution in [0.1, 0.15) is 36.1 Å². The molecule has 0 saturated carbocycles. The van der Waals surface area contributed by atoms with Crippen LogP contribution >= 0.6 is 0 Å². The van der Waals surface area contributed by atoms with E-state index in [0.29, 0.717) is 0 Å². The van der Waals surface area contributed by atoms with Gasteiger partial charge in [0.2, 0.25) is 0 Å². The van der Waals surface area contributed by atoms with E-state index >= 15 is 0 Å². The lowest BCUT2D eigenvalue weighted by Crippen LogP contribution is -2.14. The van der Waals surface area contributed by atoms with Gasteiger partial charge >= 0.3 is 0 Å². The summed E-state index contributed by atoms with van der Waals surface area (Å²) in [5.41, 5.74) is 14.1. The number of benzene rings is 5. The third-order valence-electron chi connectivity index (χ3n) is 7.63. The first-order valence-electron chi connectivity index (χ1n) is 12.7. The van der Waals surface area contributed by atoms with Crippen molar-refractivity contribution in [2.24, 2.45) is 0 Å². The molecular weight excluding hydrogens is 434 g/mol. The number of aryl methyl sites for hydroxylation is 2. The first-order valence-corrected chi connectivity index (χ1v) is 12.7. The lowest BCUT2D eigenvalue weighted by Gasteiger charge is -2.26. The highest BCUT2D eigenvalue weighted by atomic mass is 15.1. The first-order chi connectivity index (χ1) is 17.4. The van der Waals surface area contributed by atoms with Crippen molar-refractivity contribution < 1.29 is 0 Å². The molecule has 1 nitrogen and oxygen atoms in total. The van der Waals surface area contributed by atoms with Crippen molar-refractivity contribution in [3.63, 3.8) is 0 Å². The van der Waals surface area contributed by atoms with Gasteiger partial charge in [0, 0.05) is 22.5 Å². The van der Waals surface area contributed by atoms with Crippen molar-refractivity contribution in [2.75, 3.05) is 4.90 Å². The fourth-order valence-corrected chi connectivity index (χ4v) is 5.52. The predicted molar refractivity (Wildman–Crippen MR) is 154 cm³/mol. The van der Waals surface area contributed by atoms with Crippen molar-refractivity contribution in [3.8, 4) is 22.3 Å². The molecule has 0 atom stereocenters. The summed E-state index contributed by atoms with van der Waals surface area (Å²) in [6, 6.07) is 42.3. The monoisotopic (exact) mass is 465 g/mol. The number of nitrogens with zero attached hydrogens (tertiary/aromatic N) is 1. The minimum atomic E-state index is 0.00948. The predicted octanol–water partition coefficient (Wildman–Crippen LogP) is 9.75. The molecule has 0 N–H and O–H groups in total. The van der Waals surface area contributed by atoms with E-state index in [-0.39, 0.29) is 5.41 Å². The second-order valence-electron chi connectivity index (χ2n) is 10.5. The van der Waals surface area contributed by atoms with E-state index in [2.05, 4.69) is 148 Å². The van der Waals surface area contributed by atoms with E-state index in [1.807, 2.05) is 0 Å². The van der Waals surface area contributed by atoms with Crippen molar-refractivity contribution in [2.45, 2.75) is 33.1 Å². The van der Waals surface area contributed by atoms with Crippen LogP contribution in [0.5, 0.6) is 0 Å². The average molecular weight is 466 g/mol. The zero-order valence-corrected chi connectivity index (χ0v) is 21.4. The van der Waals surface area contributed by atoms with Crippen LogP contribution in [0.15, 0.2) is 115 Å². The maximum Gasteiger partial charge on any atom is 0.0462 e. The quantitative estimate of drug-likeness (QED) is 0.255. The SMILES string of the molecule is Cc1ccc(N(c2ccc(C)cc2)c2ccc(-c3ccc4c(c3)C(C)(C)c3ccccc3-4)cc2)cc1. The topological polar surface area (TPSA) is 3.24 Å². The Morgan fingerprint density at radius 1 is 0.472 bits per heavy atom. The van der Waals surface area contributed by atoms with Gasteiger partial charge in [0.15, 0.2) is 0 Å². The highest BCUT2D eigenvalue weighted by Crippen LogP contribution is 2.49. The average Bonchev–Trinajstić information content (AvgIpc) is 3.13. The van der Waals surface area contributed by atoms with Gasteiger partial charge in [-0.05, 0) is 89.7 Å².